The molecule has 0 aliphatic carbocycles. The van der Waals surface area contributed by atoms with Crippen LogP contribution in [0.1, 0.15) is 24.2 Å². The SMILES string of the molecule is CC(C)[C@@H](NC(=O)Nc1ccc(C(N)=O)c(Cl)c1)C(=O)N1CCOCC1. The molecule has 1 aliphatic rings. The van der Waals surface area contributed by atoms with Gasteiger partial charge in [0.2, 0.25) is 11.8 Å². The molecule has 0 saturated carbocycles. The number of carbonyl (C=O) groups excluding carboxylic acids is 3. The summed E-state index contributed by atoms with van der Waals surface area (Å²) in [7, 11) is 0. The number of nitrogens with zero attached hydrogens (tertiary/aromatic N) is 1. The fraction of sp³-hybridized carbons (Fsp3) is 0.471. The van der Waals surface area contributed by atoms with E-state index in [0.717, 1.165) is 0 Å². The van der Waals surface area contributed by atoms with Crippen molar-refractivity contribution in [2.75, 3.05) is 31.6 Å². The quantitative estimate of drug-likeness (QED) is 0.714. The Bertz CT molecular complexity index is 689. The summed E-state index contributed by atoms with van der Waals surface area (Å²) in [5.41, 5.74) is 5.75. The maximum atomic E-state index is 12.7. The Morgan fingerprint density at radius 1 is 1.23 bits per heavy atom. The summed E-state index contributed by atoms with van der Waals surface area (Å²) >= 11 is 5.97. The number of benzene rings is 1. The molecular weight excluding hydrogens is 360 g/mol. The van der Waals surface area contributed by atoms with Crippen LogP contribution in [0.4, 0.5) is 10.5 Å². The minimum Gasteiger partial charge on any atom is -0.378 e. The molecule has 2 rings (SSSR count). The largest absolute Gasteiger partial charge is 0.378 e. The van der Waals surface area contributed by atoms with Gasteiger partial charge in [-0.2, -0.15) is 0 Å². The maximum absolute atomic E-state index is 12.7. The van der Waals surface area contributed by atoms with Crippen LogP contribution >= 0.6 is 11.6 Å². The molecule has 0 unspecified atom stereocenters. The van der Waals surface area contributed by atoms with E-state index in [1.165, 1.54) is 18.2 Å². The number of ether oxygens (including phenoxy) is 1. The molecule has 26 heavy (non-hydrogen) atoms. The molecule has 1 atom stereocenters. The molecule has 8 nitrogen and oxygen atoms in total. The number of halogens is 1. The van der Waals surface area contributed by atoms with Crippen molar-refractivity contribution in [3.8, 4) is 0 Å². The van der Waals surface area contributed by atoms with E-state index in [1.54, 1.807) is 4.90 Å². The molecule has 0 radical (unpaired) electrons. The van der Waals surface area contributed by atoms with Gasteiger partial charge in [0.1, 0.15) is 6.04 Å². The van der Waals surface area contributed by atoms with Crippen LogP contribution in [0.3, 0.4) is 0 Å². The predicted molar refractivity (Wildman–Crippen MR) is 98.1 cm³/mol. The average Bonchev–Trinajstić information content (AvgIpc) is 2.59. The van der Waals surface area contributed by atoms with Crippen molar-refractivity contribution in [1.29, 1.82) is 0 Å². The molecule has 1 saturated heterocycles. The topological polar surface area (TPSA) is 114 Å². The van der Waals surface area contributed by atoms with E-state index in [9.17, 15) is 14.4 Å². The lowest BCUT2D eigenvalue weighted by molar-refractivity contribution is -0.138. The summed E-state index contributed by atoms with van der Waals surface area (Å²) in [6, 6.07) is 3.18. The van der Waals surface area contributed by atoms with Crippen molar-refractivity contribution >= 4 is 35.1 Å². The molecule has 1 heterocycles. The number of nitrogens with one attached hydrogen (secondary N) is 2. The Balaban J connectivity index is 2.02. The highest BCUT2D eigenvalue weighted by molar-refractivity contribution is 6.34. The van der Waals surface area contributed by atoms with Gasteiger partial charge >= 0.3 is 6.03 Å². The van der Waals surface area contributed by atoms with E-state index >= 15 is 0 Å². The van der Waals surface area contributed by atoms with E-state index in [4.69, 9.17) is 22.1 Å². The number of urea groups is 1. The number of hydrogen-bond acceptors (Lipinski definition) is 4. The zero-order valence-corrected chi connectivity index (χ0v) is 15.5. The number of morpholine rings is 1. The molecule has 1 aromatic rings. The fourth-order valence-electron chi connectivity index (χ4n) is 2.60. The molecule has 0 aromatic heterocycles. The van der Waals surface area contributed by atoms with Crippen molar-refractivity contribution in [2.24, 2.45) is 11.7 Å². The summed E-state index contributed by atoms with van der Waals surface area (Å²) in [6.07, 6.45) is 0. The zero-order chi connectivity index (χ0) is 19.3. The summed E-state index contributed by atoms with van der Waals surface area (Å²) in [5.74, 6) is -0.875. The van der Waals surface area contributed by atoms with Gasteiger partial charge in [0, 0.05) is 18.8 Å². The van der Waals surface area contributed by atoms with E-state index < -0.39 is 18.0 Å². The van der Waals surface area contributed by atoms with Gasteiger partial charge in [0.25, 0.3) is 0 Å². The van der Waals surface area contributed by atoms with Crippen LogP contribution in [0.15, 0.2) is 18.2 Å². The zero-order valence-electron chi connectivity index (χ0n) is 14.8. The highest BCUT2D eigenvalue weighted by Gasteiger charge is 2.29. The van der Waals surface area contributed by atoms with Crippen molar-refractivity contribution < 1.29 is 19.1 Å². The lowest BCUT2D eigenvalue weighted by Gasteiger charge is -2.32. The first kappa shape index (κ1) is 20.0. The second-order valence-electron chi connectivity index (χ2n) is 6.32. The van der Waals surface area contributed by atoms with Crippen LogP contribution in [0.5, 0.6) is 0 Å². The molecular formula is C17H23ClN4O4. The van der Waals surface area contributed by atoms with Gasteiger partial charge in [-0.05, 0) is 24.1 Å². The van der Waals surface area contributed by atoms with Crippen LogP contribution in [-0.4, -0.2) is 55.1 Å². The Hall–Kier alpha value is -2.32. The predicted octanol–water partition coefficient (Wildman–Crippen LogP) is 1.44. The summed E-state index contributed by atoms with van der Waals surface area (Å²) in [4.78, 5) is 37.8. The first-order valence-corrected chi connectivity index (χ1v) is 8.70. The number of carbonyl (C=O) groups is 3. The van der Waals surface area contributed by atoms with Gasteiger partial charge in [-0.25, -0.2) is 4.79 Å². The van der Waals surface area contributed by atoms with Crippen molar-refractivity contribution in [3.63, 3.8) is 0 Å². The van der Waals surface area contributed by atoms with Crippen molar-refractivity contribution in [1.82, 2.24) is 10.2 Å². The molecule has 142 valence electrons. The first-order valence-electron chi connectivity index (χ1n) is 8.33. The first-order chi connectivity index (χ1) is 12.3. The molecule has 1 fully saturated rings. The number of amides is 4. The van der Waals surface area contributed by atoms with Gasteiger partial charge in [0.05, 0.1) is 23.8 Å². The van der Waals surface area contributed by atoms with Gasteiger partial charge in [-0.3, -0.25) is 9.59 Å². The van der Waals surface area contributed by atoms with Gasteiger partial charge < -0.3 is 26.0 Å². The molecule has 1 aromatic carbocycles. The molecule has 0 spiro atoms. The minimum atomic E-state index is -0.659. The third-order valence-corrected chi connectivity index (χ3v) is 4.35. The summed E-state index contributed by atoms with van der Waals surface area (Å²) in [5, 5.41) is 5.45. The molecule has 9 heteroatoms. The van der Waals surface area contributed by atoms with Crippen LogP contribution in [0.25, 0.3) is 0 Å². The van der Waals surface area contributed by atoms with Crippen molar-refractivity contribution in [3.05, 3.63) is 28.8 Å². The standard InChI is InChI=1S/C17H23ClN4O4/c1-10(2)14(16(24)22-5-7-26-8-6-22)21-17(25)20-11-3-4-12(15(19)23)13(18)9-11/h3-4,9-10,14H,5-8H2,1-2H3,(H2,19,23)(H2,20,21,25)/t14-/m1/s1. The number of hydrogen-bond donors (Lipinski definition) is 3. The lowest BCUT2D eigenvalue weighted by atomic mass is 10.0. The summed E-state index contributed by atoms with van der Waals surface area (Å²) in [6.45, 7) is 5.73. The Morgan fingerprint density at radius 2 is 1.88 bits per heavy atom. The number of primary amides is 1. The monoisotopic (exact) mass is 382 g/mol. The van der Waals surface area contributed by atoms with Crippen LogP contribution in [-0.2, 0) is 9.53 Å². The average molecular weight is 383 g/mol. The highest BCUT2D eigenvalue weighted by Crippen LogP contribution is 2.20. The van der Waals surface area contributed by atoms with E-state index in [0.29, 0.717) is 32.0 Å². The van der Waals surface area contributed by atoms with Crippen LogP contribution < -0.4 is 16.4 Å². The fourth-order valence-corrected chi connectivity index (χ4v) is 2.87. The Morgan fingerprint density at radius 3 is 2.42 bits per heavy atom. The normalized spacial score (nSPS) is 15.5. The van der Waals surface area contributed by atoms with Crippen molar-refractivity contribution in [2.45, 2.75) is 19.9 Å². The lowest BCUT2D eigenvalue weighted by Crippen LogP contribution is -2.54. The van der Waals surface area contributed by atoms with Crippen LogP contribution in [0.2, 0.25) is 5.02 Å². The van der Waals surface area contributed by atoms with E-state index in [-0.39, 0.29) is 22.4 Å². The number of rotatable bonds is 5. The Kier molecular flexibility index (Phi) is 6.82. The van der Waals surface area contributed by atoms with E-state index in [1.807, 2.05) is 13.8 Å². The van der Waals surface area contributed by atoms with Gasteiger partial charge in [-0.15, -0.1) is 0 Å². The van der Waals surface area contributed by atoms with E-state index in [2.05, 4.69) is 10.6 Å². The van der Waals surface area contributed by atoms with Crippen LogP contribution in [0, 0.1) is 5.92 Å². The smallest absolute Gasteiger partial charge is 0.319 e. The number of anilines is 1. The molecule has 1 aliphatic heterocycles. The third kappa shape index (κ3) is 5.09. The molecule has 4 N–H and O–H groups in total. The minimum absolute atomic E-state index is 0.0862. The maximum Gasteiger partial charge on any atom is 0.319 e. The highest BCUT2D eigenvalue weighted by atomic mass is 35.5. The second-order valence-corrected chi connectivity index (χ2v) is 6.72. The number of nitrogens with two attached hydrogens (primary N) is 1. The van der Waals surface area contributed by atoms with Gasteiger partial charge in [0.15, 0.2) is 0 Å². The Labute approximate surface area is 157 Å². The van der Waals surface area contributed by atoms with Gasteiger partial charge in [-0.1, -0.05) is 25.4 Å². The molecule has 4 amide bonds. The molecule has 0 bridgehead atoms. The summed E-state index contributed by atoms with van der Waals surface area (Å²) < 4.78 is 5.25. The second kappa shape index (κ2) is 8.86. The third-order valence-electron chi connectivity index (χ3n) is 4.03.